The largest absolute Gasteiger partial charge is 0.325 e. The molecular weight excluding hydrogens is 177 g/mol. The van der Waals surface area contributed by atoms with Gasteiger partial charge >= 0.3 is 0 Å². The molecule has 0 amide bonds. The van der Waals surface area contributed by atoms with Crippen molar-refractivity contribution in [2.45, 2.75) is 18.1 Å². The highest BCUT2D eigenvalue weighted by atomic mass is 35.5. The van der Waals surface area contributed by atoms with E-state index in [2.05, 4.69) is 0 Å². The number of benzene rings is 1. The summed E-state index contributed by atoms with van der Waals surface area (Å²) in [6.07, 6.45) is 0.425. The van der Waals surface area contributed by atoms with E-state index in [-0.39, 0.29) is 6.04 Å². The van der Waals surface area contributed by atoms with Gasteiger partial charge in [-0.15, -0.1) is 0 Å². The van der Waals surface area contributed by atoms with E-state index < -0.39 is 5.67 Å². The monoisotopic (exact) mass is 185 g/mol. The molecule has 1 aromatic carbocycles. The SMILES string of the molecule is N[C@@H]1C[C@@]1(F)c1ccc(Cl)cc1. The number of halogens is 2. The number of alkyl halides is 1. The van der Waals surface area contributed by atoms with Gasteiger partial charge in [0, 0.05) is 17.5 Å². The summed E-state index contributed by atoms with van der Waals surface area (Å²) in [6.45, 7) is 0. The lowest BCUT2D eigenvalue weighted by atomic mass is 10.1. The Hall–Kier alpha value is -0.600. The Kier molecular flexibility index (Phi) is 1.63. The second-order valence-electron chi connectivity index (χ2n) is 3.18. The van der Waals surface area contributed by atoms with Crippen molar-refractivity contribution >= 4 is 11.6 Å². The van der Waals surface area contributed by atoms with Crippen LogP contribution in [0.5, 0.6) is 0 Å². The third-order valence-corrected chi connectivity index (χ3v) is 2.52. The second-order valence-corrected chi connectivity index (χ2v) is 3.62. The van der Waals surface area contributed by atoms with Gasteiger partial charge in [-0.25, -0.2) is 4.39 Å². The van der Waals surface area contributed by atoms with Gasteiger partial charge in [0.15, 0.2) is 5.67 Å². The van der Waals surface area contributed by atoms with Crippen LogP contribution in [0.1, 0.15) is 12.0 Å². The Morgan fingerprint density at radius 3 is 2.33 bits per heavy atom. The van der Waals surface area contributed by atoms with Crippen molar-refractivity contribution in [3.8, 4) is 0 Å². The minimum atomic E-state index is -1.29. The zero-order valence-electron chi connectivity index (χ0n) is 6.43. The molecule has 0 heterocycles. The minimum absolute atomic E-state index is 0.335. The van der Waals surface area contributed by atoms with E-state index in [0.717, 1.165) is 0 Å². The minimum Gasteiger partial charge on any atom is -0.325 e. The van der Waals surface area contributed by atoms with Crippen LogP contribution in [0.3, 0.4) is 0 Å². The van der Waals surface area contributed by atoms with E-state index in [4.69, 9.17) is 17.3 Å². The molecule has 1 aliphatic rings. The quantitative estimate of drug-likeness (QED) is 0.714. The summed E-state index contributed by atoms with van der Waals surface area (Å²) in [6, 6.07) is 6.41. The molecule has 0 aromatic heterocycles. The molecule has 12 heavy (non-hydrogen) atoms. The molecular formula is C9H9ClFN. The summed E-state index contributed by atoms with van der Waals surface area (Å²) in [5.41, 5.74) is 4.81. The highest BCUT2D eigenvalue weighted by Crippen LogP contribution is 2.48. The molecule has 3 heteroatoms. The Balaban J connectivity index is 2.31. The first kappa shape index (κ1) is 8.02. The van der Waals surface area contributed by atoms with Crippen LogP contribution >= 0.6 is 11.6 Å². The maximum Gasteiger partial charge on any atom is 0.152 e. The number of rotatable bonds is 1. The molecule has 0 radical (unpaired) electrons. The molecule has 0 aliphatic heterocycles. The lowest BCUT2D eigenvalue weighted by molar-refractivity contribution is 0.306. The molecule has 1 fully saturated rings. The van der Waals surface area contributed by atoms with Crippen molar-refractivity contribution in [1.29, 1.82) is 0 Å². The zero-order valence-corrected chi connectivity index (χ0v) is 7.18. The van der Waals surface area contributed by atoms with Gasteiger partial charge in [0.2, 0.25) is 0 Å². The fourth-order valence-electron chi connectivity index (χ4n) is 1.32. The summed E-state index contributed by atoms with van der Waals surface area (Å²) in [5.74, 6) is 0. The molecule has 0 spiro atoms. The third-order valence-electron chi connectivity index (χ3n) is 2.27. The fraction of sp³-hybridized carbons (Fsp3) is 0.333. The highest BCUT2D eigenvalue weighted by molar-refractivity contribution is 6.30. The Bertz CT molecular complexity index is 298. The van der Waals surface area contributed by atoms with Crippen LogP contribution in [0.15, 0.2) is 24.3 Å². The molecule has 1 nitrogen and oxygen atoms in total. The first-order valence-corrected chi connectivity index (χ1v) is 4.21. The van der Waals surface area contributed by atoms with Crippen molar-refractivity contribution in [2.75, 3.05) is 0 Å². The second kappa shape index (κ2) is 2.44. The van der Waals surface area contributed by atoms with Crippen LogP contribution in [-0.2, 0) is 5.67 Å². The molecule has 2 atom stereocenters. The molecule has 0 bridgehead atoms. The average Bonchev–Trinajstić information content (AvgIpc) is 2.62. The van der Waals surface area contributed by atoms with E-state index in [9.17, 15) is 4.39 Å². The van der Waals surface area contributed by atoms with Crippen molar-refractivity contribution in [3.63, 3.8) is 0 Å². The smallest absolute Gasteiger partial charge is 0.152 e. The Morgan fingerprint density at radius 2 is 1.92 bits per heavy atom. The first-order valence-electron chi connectivity index (χ1n) is 3.83. The number of hydrogen-bond acceptors (Lipinski definition) is 1. The van der Waals surface area contributed by atoms with Gasteiger partial charge in [-0.2, -0.15) is 0 Å². The standard InChI is InChI=1S/C9H9ClFN/c10-7-3-1-6(2-4-7)9(11)5-8(9)12/h1-4,8H,5,12H2/t8-,9-/m1/s1. The Labute approximate surface area is 75.3 Å². The van der Waals surface area contributed by atoms with Crippen LogP contribution in [0, 0.1) is 0 Å². The van der Waals surface area contributed by atoms with Gasteiger partial charge in [0.25, 0.3) is 0 Å². The highest BCUT2D eigenvalue weighted by Gasteiger charge is 2.54. The summed E-state index contributed by atoms with van der Waals surface area (Å²) in [7, 11) is 0. The third kappa shape index (κ3) is 1.11. The predicted molar refractivity (Wildman–Crippen MR) is 46.8 cm³/mol. The normalized spacial score (nSPS) is 33.4. The molecule has 1 aromatic rings. The van der Waals surface area contributed by atoms with Gasteiger partial charge < -0.3 is 5.73 Å². The lowest BCUT2D eigenvalue weighted by Gasteiger charge is -2.05. The number of nitrogens with two attached hydrogens (primary N) is 1. The van der Waals surface area contributed by atoms with Crippen LogP contribution in [0.2, 0.25) is 5.02 Å². The van der Waals surface area contributed by atoms with E-state index in [0.29, 0.717) is 17.0 Å². The van der Waals surface area contributed by atoms with Crippen molar-refractivity contribution in [3.05, 3.63) is 34.9 Å². The van der Waals surface area contributed by atoms with Gasteiger partial charge in [0.1, 0.15) is 0 Å². The maximum atomic E-state index is 13.6. The van der Waals surface area contributed by atoms with Gasteiger partial charge in [-0.05, 0) is 17.7 Å². The summed E-state index contributed by atoms with van der Waals surface area (Å²) in [4.78, 5) is 0. The van der Waals surface area contributed by atoms with Gasteiger partial charge in [0.05, 0.1) is 0 Å². The van der Waals surface area contributed by atoms with Gasteiger partial charge in [-0.1, -0.05) is 23.7 Å². The zero-order chi connectivity index (χ0) is 8.77. The predicted octanol–water partition coefficient (Wildman–Crippen LogP) is 2.24. The van der Waals surface area contributed by atoms with Crippen molar-refractivity contribution in [2.24, 2.45) is 5.73 Å². The molecule has 1 saturated carbocycles. The molecule has 0 saturated heterocycles. The molecule has 0 unspecified atom stereocenters. The van der Waals surface area contributed by atoms with Crippen LogP contribution < -0.4 is 5.73 Å². The molecule has 2 N–H and O–H groups in total. The topological polar surface area (TPSA) is 26.0 Å². The van der Waals surface area contributed by atoms with E-state index in [1.165, 1.54) is 0 Å². The number of hydrogen-bond donors (Lipinski definition) is 1. The van der Waals surface area contributed by atoms with E-state index in [1.807, 2.05) is 0 Å². The molecule has 1 aliphatic carbocycles. The summed E-state index contributed by atoms with van der Waals surface area (Å²) >= 11 is 5.66. The Morgan fingerprint density at radius 1 is 1.42 bits per heavy atom. The van der Waals surface area contributed by atoms with Gasteiger partial charge in [-0.3, -0.25) is 0 Å². The summed E-state index contributed by atoms with van der Waals surface area (Å²) < 4.78 is 13.6. The first-order chi connectivity index (χ1) is 5.63. The fourth-order valence-corrected chi connectivity index (χ4v) is 1.45. The van der Waals surface area contributed by atoms with E-state index in [1.54, 1.807) is 24.3 Å². The lowest BCUT2D eigenvalue weighted by Crippen LogP contribution is -2.12. The van der Waals surface area contributed by atoms with Crippen molar-refractivity contribution < 1.29 is 4.39 Å². The van der Waals surface area contributed by atoms with Crippen LogP contribution in [0.4, 0.5) is 4.39 Å². The molecule has 64 valence electrons. The van der Waals surface area contributed by atoms with E-state index >= 15 is 0 Å². The summed E-state index contributed by atoms with van der Waals surface area (Å²) in [5, 5.41) is 0.622. The van der Waals surface area contributed by atoms with Crippen molar-refractivity contribution in [1.82, 2.24) is 0 Å². The van der Waals surface area contributed by atoms with Crippen LogP contribution in [-0.4, -0.2) is 6.04 Å². The average molecular weight is 186 g/mol. The van der Waals surface area contributed by atoms with Crippen LogP contribution in [0.25, 0.3) is 0 Å². The maximum absolute atomic E-state index is 13.6. The molecule has 2 rings (SSSR count).